The largest absolute Gasteiger partial charge is 0.468 e. The van der Waals surface area contributed by atoms with Gasteiger partial charge in [0.2, 0.25) is 0 Å². The number of nitrogens with zero attached hydrogens (tertiary/aromatic N) is 6. The van der Waals surface area contributed by atoms with Crippen LogP contribution in [0, 0.1) is 6.92 Å². The monoisotopic (exact) mass is 573 g/mol. The van der Waals surface area contributed by atoms with Crippen molar-refractivity contribution in [2.24, 2.45) is 7.05 Å². The third-order valence-corrected chi connectivity index (χ3v) is 6.11. The van der Waals surface area contributed by atoms with Crippen LogP contribution in [0.5, 0.6) is 0 Å². The van der Waals surface area contributed by atoms with Crippen molar-refractivity contribution in [1.82, 2.24) is 25.2 Å². The molecule has 0 saturated carbocycles. The SMILES string of the molecule is CCOC=O.CC[C@@H]1C[C@H](N(Cc2cc(C(F)(F)F)cc(C(F)(F)F)c2)c2nnn(C)n2)c2nc(C)ccc2N1. The van der Waals surface area contributed by atoms with Gasteiger partial charge in [-0.2, -0.15) is 31.1 Å². The molecule has 3 aromatic rings. The van der Waals surface area contributed by atoms with Gasteiger partial charge in [0.05, 0.1) is 42.2 Å². The number of alkyl halides is 6. The fraction of sp³-hybridized carbons (Fsp3) is 0.480. The van der Waals surface area contributed by atoms with Crippen molar-refractivity contribution in [1.29, 1.82) is 0 Å². The number of fused-ring (bicyclic) bond motifs is 1. The van der Waals surface area contributed by atoms with Crippen LogP contribution in [0.3, 0.4) is 0 Å². The molecule has 4 rings (SSSR count). The number of benzene rings is 1. The van der Waals surface area contributed by atoms with E-state index in [1.54, 1.807) is 18.7 Å². The first kappa shape index (κ1) is 30.6. The van der Waals surface area contributed by atoms with Crippen molar-refractivity contribution >= 4 is 18.1 Å². The Morgan fingerprint density at radius 2 is 1.75 bits per heavy atom. The predicted octanol–water partition coefficient (Wildman–Crippen LogP) is 5.47. The second-order valence-corrected chi connectivity index (χ2v) is 9.06. The van der Waals surface area contributed by atoms with Crippen molar-refractivity contribution in [3.05, 3.63) is 58.4 Å². The number of tetrazole rings is 1. The lowest BCUT2D eigenvalue weighted by molar-refractivity contribution is -0.143. The van der Waals surface area contributed by atoms with Gasteiger partial charge in [0, 0.05) is 18.3 Å². The molecule has 218 valence electrons. The van der Waals surface area contributed by atoms with Gasteiger partial charge in [0.1, 0.15) is 0 Å². The summed E-state index contributed by atoms with van der Waals surface area (Å²) in [5.41, 5.74) is -0.852. The molecule has 0 amide bonds. The highest BCUT2D eigenvalue weighted by Crippen LogP contribution is 2.40. The van der Waals surface area contributed by atoms with Crippen LogP contribution >= 0.6 is 0 Å². The first-order chi connectivity index (χ1) is 18.8. The van der Waals surface area contributed by atoms with Crippen LogP contribution in [-0.4, -0.2) is 44.3 Å². The van der Waals surface area contributed by atoms with E-state index in [0.29, 0.717) is 25.2 Å². The number of nitrogens with one attached hydrogen (secondary N) is 1. The number of ether oxygens (including phenoxy) is 1. The van der Waals surface area contributed by atoms with E-state index >= 15 is 0 Å². The molecule has 0 radical (unpaired) electrons. The third kappa shape index (κ3) is 7.60. The summed E-state index contributed by atoms with van der Waals surface area (Å²) in [4.78, 5) is 16.6. The second kappa shape index (κ2) is 12.5. The van der Waals surface area contributed by atoms with Gasteiger partial charge in [0.25, 0.3) is 12.4 Å². The Labute approximate surface area is 226 Å². The highest BCUT2D eigenvalue weighted by atomic mass is 19.4. The van der Waals surface area contributed by atoms with E-state index in [1.807, 2.05) is 19.1 Å². The first-order valence-corrected chi connectivity index (χ1v) is 12.3. The molecule has 2 aromatic heterocycles. The molecule has 0 aliphatic carbocycles. The van der Waals surface area contributed by atoms with Crippen molar-refractivity contribution in [3.63, 3.8) is 0 Å². The number of carbonyl (C=O) groups is 1. The van der Waals surface area contributed by atoms with Crippen LogP contribution in [-0.2, 0) is 35.5 Å². The van der Waals surface area contributed by atoms with Crippen LogP contribution in [0.1, 0.15) is 60.8 Å². The van der Waals surface area contributed by atoms with Crippen molar-refractivity contribution < 1.29 is 35.9 Å². The third-order valence-electron chi connectivity index (χ3n) is 6.11. The van der Waals surface area contributed by atoms with E-state index < -0.39 is 29.5 Å². The minimum absolute atomic E-state index is 0.00317. The zero-order chi connectivity index (χ0) is 29.7. The van der Waals surface area contributed by atoms with Gasteiger partial charge >= 0.3 is 12.4 Å². The summed E-state index contributed by atoms with van der Waals surface area (Å²) < 4.78 is 84.9. The van der Waals surface area contributed by atoms with Gasteiger partial charge in [-0.25, -0.2) is 0 Å². The van der Waals surface area contributed by atoms with Crippen molar-refractivity contribution in [3.8, 4) is 0 Å². The molecule has 9 nitrogen and oxygen atoms in total. The summed E-state index contributed by atoms with van der Waals surface area (Å²) in [7, 11) is 1.52. The van der Waals surface area contributed by atoms with Gasteiger partial charge < -0.3 is 15.0 Å². The van der Waals surface area contributed by atoms with Crippen molar-refractivity contribution in [2.45, 2.75) is 64.6 Å². The lowest BCUT2D eigenvalue weighted by Crippen LogP contribution is -2.38. The zero-order valence-corrected chi connectivity index (χ0v) is 22.2. The highest BCUT2D eigenvalue weighted by Gasteiger charge is 2.38. The molecular weight excluding hydrogens is 544 g/mol. The molecule has 0 unspecified atom stereocenters. The second-order valence-electron chi connectivity index (χ2n) is 9.06. The Kier molecular flexibility index (Phi) is 9.58. The van der Waals surface area contributed by atoms with E-state index in [0.717, 1.165) is 29.9 Å². The molecule has 40 heavy (non-hydrogen) atoms. The number of aromatic nitrogens is 5. The van der Waals surface area contributed by atoms with E-state index in [1.165, 1.54) is 11.8 Å². The number of anilines is 2. The number of hydrogen-bond donors (Lipinski definition) is 1. The summed E-state index contributed by atoms with van der Waals surface area (Å²) in [5.74, 6) is 0.0782. The van der Waals surface area contributed by atoms with Gasteiger partial charge in [-0.1, -0.05) is 12.0 Å². The Balaban J connectivity index is 0.000000810. The molecule has 0 saturated heterocycles. The molecule has 15 heteroatoms. The summed E-state index contributed by atoms with van der Waals surface area (Å²) in [6, 6.07) is 4.75. The maximum atomic E-state index is 13.5. The van der Waals surface area contributed by atoms with Crippen molar-refractivity contribution in [2.75, 3.05) is 16.8 Å². The summed E-state index contributed by atoms with van der Waals surface area (Å²) in [5, 5.41) is 15.4. The number of hydrogen-bond acceptors (Lipinski definition) is 8. The zero-order valence-electron chi connectivity index (χ0n) is 22.2. The van der Waals surface area contributed by atoms with Gasteiger partial charge in [-0.05, 0) is 67.8 Å². The van der Waals surface area contributed by atoms with Gasteiger partial charge in [-0.15, -0.1) is 5.10 Å². The maximum Gasteiger partial charge on any atom is 0.416 e. The van der Waals surface area contributed by atoms with E-state index in [9.17, 15) is 31.1 Å². The fourth-order valence-electron chi connectivity index (χ4n) is 4.24. The Morgan fingerprint density at radius 1 is 1.10 bits per heavy atom. The topological polar surface area (TPSA) is 98.1 Å². The molecule has 3 heterocycles. The number of halogens is 6. The molecule has 1 aromatic carbocycles. The van der Waals surface area contributed by atoms with E-state index in [2.05, 4.69) is 30.4 Å². The average molecular weight is 574 g/mol. The molecule has 0 spiro atoms. The molecule has 2 atom stereocenters. The van der Waals surface area contributed by atoms with Gasteiger partial charge in [-0.3, -0.25) is 9.78 Å². The van der Waals surface area contributed by atoms with Crippen LogP contribution in [0.4, 0.5) is 38.0 Å². The quantitative estimate of drug-likeness (QED) is 0.294. The Hall–Kier alpha value is -3.91. The number of rotatable bonds is 7. The first-order valence-electron chi connectivity index (χ1n) is 12.3. The number of aryl methyl sites for hydroxylation is 2. The van der Waals surface area contributed by atoms with Crippen LogP contribution in [0.2, 0.25) is 0 Å². The smallest absolute Gasteiger partial charge is 0.416 e. The highest BCUT2D eigenvalue weighted by molar-refractivity contribution is 5.55. The lowest BCUT2D eigenvalue weighted by Gasteiger charge is -2.38. The lowest BCUT2D eigenvalue weighted by atomic mass is 9.93. The average Bonchev–Trinajstić information content (AvgIpc) is 3.32. The molecule has 0 fully saturated rings. The summed E-state index contributed by atoms with van der Waals surface area (Å²) in [6.45, 7) is 6.14. The maximum absolute atomic E-state index is 13.5. The molecule has 0 bridgehead atoms. The normalized spacial score (nSPS) is 16.8. The van der Waals surface area contributed by atoms with E-state index in [-0.39, 0.29) is 30.2 Å². The Bertz CT molecular complexity index is 1260. The number of pyridine rings is 1. The Morgan fingerprint density at radius 3 is 2.23 bits per heavy atom. The minimum Gasteiger partial charge on any atom is -0.468 e. The van der Waals surface area contributed by atoms with Crippen LogP contribution < -0.4 is 10.2 Å². The summed E-state index contributed by atoms with van der Waals surface area (Å²) >= 11 is 0. The fourth-order valence-corrected chi connectivity index (χ4v) is 4.24. The molecule has 1 aliphatic heterocycles. The van der Waals surface area contributed by atoms with Crippen LogP contribution in [0.15, 0.2) is 30.3 Å². The van der Waals surface area contributed by atoms with Gasteiger partial charge in [0.15, 0.2) is 0 Å². The minimum atomic E-state index is -4.95. The standard InChI is InChI=1S/C22H23F6N7.C3H6O2/c1-4-16-10-18(19-17(30-16)6-5-12(2)29-19)35(20-31-33-34(3)32-20)11-13-7-14(21(23,24)25)9-15(8-13)22(26,27)28;1-2-5-3-4/h5-9,16,18,30H,4,10-11H2,1-3H3;3H,2H2,1H3/t16-,18+;/m1./s1. The molecule has 1 aliphatic rings. The van der Waals surface area contributed by atoms with E-state index in [4.69, 9.17) is 0 Å². The summed E-state index contributed by atoms with van der Waals surface area (Å²) in [6.07, 6.45) is -8.66. The van der Waals surface area contributed by atoms with Crippen LogP contribution in [0.25, 0.3) is 0 Å². The molecule has 1 N–H and O–H groups in total. The molecular formula is C25H29F6N7O2. The predicted molar refractivity (Wildman–Crippen MR) is 133 cm³/mol. The number of carbonyl (C=O) groups excluding carboxylic acids is 1.